The van der Waals surface area contributed by atoms with Crippen molar-refractivity contribution < 1.29 is 17.9 Å². The van der Waals surface area contributed by atoms with E-state index in [0.717, 1.165) is 36.8 Å². The van der Waals surface area contributed by atoms with Crippen molar-refractivity contribution in [3.63, 3.8) is 0 Å². The van der Waals surface area contributed by atoms with Gasteiger partial charge in [0.05, 0.1) is 12.9 Å². The number of fused-ring (bicyclic) bond motifs is 1. The van der Waals surface area contributed by atoms with Gasteiger partial charge in [0, 0.05) is 32.6 Å². The number of carbonyl (C=O) groups is 1. The van der Waals surface area contributed by atoms with E-state index >= 15 is 0 Å². The average Bonchev–Trinajstić information content (AvgIpc) is 3.63. The van der Waals surface area contributed by atoms with Gasteiger partial charge >= 0.3 is 6.01 Å². The van der Waals surface area contributed by atoms with E-state index in [1.54, 1.807) is 4.31 Å². The SMILES string of the molecule is CCCCOc1nc(N)c2c(n1)N(Cc1cccc(CN(CC3CC3)S(C)(=O)=O)c1)CCC(=O)N2. The van der Waals surface area contributed by atoms with Gasteiger partial charge in [-0.25, -0.2) is 8.42 Å². The number of nitrogen functional groups attached to an aromatic ring is 1. The Morgan fingerprint density at radius 1 is 1.26 bits per heavy atom. The fourth-order valence-corrected chi connectivity index (χ4v) is 4.89. The summed E-state index contributed by atoms with van der Waals surface area (Å²) >= 11 is 0. The monoisotopic (exact) mass is 502 g/mol. The summed E-state index contributed by atoms with van der Waals surface area (Å²) in [4.78, 5) is 23.1. The molecule has 1 saturated carbocycles. The van der Waals surface area contributed by atoms with E-state index in [-0.39, 0.29) is 24.2 Å². The van der Waals surface area contributed by atoms with Gasteiger partial charge in [-0.2, -0.15) is 14.3 Å². The van der Waals surface area contributed by atoms with E-state index in [2.05, 4.69) is 22.2 Å². The molecule has 1 aromatic heterocycles. The second kappa shape index (κ2) is 10.8. The van der Waals surface area contributed by atoms with E-state index in [1.165, 1.54) is 6.26 Å². The summed E-state index contributed by atoms with van der Waals surface area (Å²) in [7, 11) is -3.30. The van der Waals surface area contributed by atoms with Crippen molar-refractivity contribution in [1.29, 1.82) is 0 Å². The molecule has 0 atom stereocenters. The van der Waals surface area contributed by atoms with Gasteiger partial charge < -0.3 is 20.7 Å². The van der Waals surface area contributed by atoms with Gasteiger partial charge in [0.2, 0.25) is 15.9 Å². The van der Waals surface area contributed by atoms with Crippen molar-refractivity contribution in [3.8, 4) is 6.01 Å². The zero-order valence-corrected chi connectivity index (χ0v) is 21.2. The molecule has 190 valence electrons. The molecular formula is C24H34N6O4S. The van der Waals surface area contributed by atoms with Crippen molar-refractivity contribution in [2.45, 2.75) is 52.1 Å². The van der Waals surface area contributed by atoms with Crippen molar-refractivity contribution in [3.05, 3.63) is 35.4 Å². The number of amides is 1. The number of ether oxygens (including phenoxy) is 1. The van der Waals surface area contributed by atoms with Gasteiger partial charge in [0.1, 0.15) is 5.69 Å². The number of carbonyl (C=O) groups excluding carboxylic acids is 1. The Kier molecular flexibility index (Phi) is 7.75. The van der Waals surface area contributed by atoms with E-state index in [0.29, 0.717) is 50.2 Å². The van der Waals surface area contributed by atoms with E-state index in [9.17, 15) is 13.2 Å². The molecule has 1 aliphatic carbocycles. The Hall–Kier alpha value is -2.92. The number of nitrogens with zero attached hydrogens (tertiary/aromatic N) is 4. The van der Waals surface area contributed by atoms with Crippen molar-refractivity contribution >= 4 is 33.3 Å². The Morgan fingerprint density at radius 2 is 2.03 bits per heavy atom. The number of rotatable bonds is 11. The van der Waals surface area contributed by atoms with Gasteiger partial charge in [-0.1, -0.05) is 37.6 Å². The summed E-state index contributed by atoms with van der Waals surface area (Å²) < 4.78 is 31.9. The minimum absolute atomic E-state index is 0.152. The van der Waals surface area contributed by atoms with Gasteiger partial charge in [-0.05, 0) is 36.3 Å². The first-order chi connectivity index (χ1) is 16.7. The Morgan fingerprint density at radius 3 is 2.74 bits per heavy atom. The molecular weight excluding hydrogens is 468 g/mol. The molecule has 1 aliphatic heterocycles. The lowest BCUT2D eigenvalue weighted by Crippen LogP contribution is -2.31. The topological polar surface area (TPSA) is 131 Å². The summed E-state index contributed by atoms with van der Waals surface area (Å²) in [5.74, 6) is 0.998. The third-order valence-corrected chi connectivity index (χ3v) is 7.37. The highest BCUT2D eigenvalue weighted by Crippen LogP contribution is 2.34. The Balaban J connectivity index is 1.56. The first-order valence-electron chi connectivity index (χ1n) is 12.1. The number of nitrogens with two attached hydrogens (primary N) is 1. The number of sulfonamides is 1. The van der Waals surface area contributed by atoms with Crippen LogP contribution in [0, 0.1) is 5.92 Å². The molecule has 2 heterocycles. The summed E-state index contributed by atoms with van der Waals surface area (Å²) in [5, 5.41) is 2.82. The average molecular weight is 503 g/mol. The summed E-state index contributed by atoms with van der Waals surface area (Å²) in [6.45, 7) is 4.38. The van der Waals surface area contributed by atoms with Crippen LogP contribution in [0.25, 0.3) is 0 Å². The zero-order chi connectivity index (χ0) is 25.0. The van der Waals surface area contributed by atoms with Gasteiger partial charge in [-0.15, -0.1) is 0 Å². The van der Waals surface area contributed by atoms with Crippen LogP contribution in [0.2, 0.25) is 0 Å². The first-order valence-corrected chi connectivity index (χ1v) is 14.0. The molecule has 0 radical (unpaired) electrons. The number of aromatic nitrogens is 2. The van der Waals surface area contributed by atoms with Crippen LogP contribution >= 0.6 is 0 Å². The lowest BCUT2D eigenvalue weighted by Gasteiger charge is -2.24. The van der Waals surface area contributed by atoms with Crippen LogP contribution in [-0.4, -0.2) is 54.6 Å². The molecule has 3 N–H and O–H groups in total. The second-order valence-electron chi connectivity index (χ2n) is 9.33. The standard InChI is InChI=1S/C24H34N6O4S/c1-3-4-12-34-24-27-22(25)21-23(28-24)29(11-10-20(31)26-21)14-18-6-5-7-19(13-18)16-30(35(2,32)33)15-17-8-9-17/h5-7,13,17H,3-4,8-12,14-16H2,1-2H3,(H,26,31)(H2,25,27,28). The highest BCUT2D eigenvalue weighted by atomic mass is 32.2. The van der Waals surface area contributed by atoms with Crippen molar-refractivity contribution in [2.24, 2.45) is 5.92 Å². The number of hydrogen-bond donors (Lipinski definition) is 2. The zero-order valence-electron chi connectivity index (χ0n) is 20.4. The molecule has 1 aromatic carbocycles. The maximum atomic E-state index is 12.3. The summed E-state index contributed by atoms with van der Waals surface area (Å²) in [6, 6.07) is 8.05. The molecule has 10 nitrogen and oxygen atoms in total. The molecule has 2 aromatic rings. The highest BCUT2D eigenvalue weighted by molar-refractivity contribution is 7.88. The van der Waals surface area contributed by atoms with Crippen LogP contribution in [0.4, 0.5) is 17.3 Å². The minimum Gasteiger partial charge on any atom is -0.463 e. The quantitative estimate of drug-likeness (QED) is 0.449. The Bertz CT molecular complexity index is 1170. The normalized spacial score (nSPS) is 16.1. The van der Waals surface area contributed by atoms with Crippen LogP contribution in [0.1, 0.15) is 50.2 Å². The van der Waals surface area contributed by atoms with Crippen LogP contribution in [0.15, 0.2) is 24.3 Å². The van der Waals surface area contributed by atoms with Crippen molar-refractivity contribution in [1.82, 2.24) is 14.3 Å². The largest absolute Gasteiger partial charge is 0.463 e. The Labute approximate surface area is 206 Å². The number of unbranched alkanes of at least 4 members (excludes halogenated alkanes) is 1. The maximum Gasteiger partial charge on any atom is 0.320 e. The third kappa shape index (κ3) is 6.82. The third-order valence-electron chi connectivity index (χ3n) is 6.15. The molecule has 0 saturated heterocycles. The van der Waals surface area contributed by atoms with Crippen LogP contribution in [0.5, 0.6) is 6.01 Å². The summed E-state index contributed by atoms with van der Waals surface area (Å²) in [6.07, 6.45) is 5.58. The predicted molar refractivity (Wildman–Crippen MR) is 136 cm³/mol. The number of anilines is 3. The fraction of sp³-hybridized carbons (Fsp3) is 0.542. The predicted octanol–water partition coefficient (Wildman–Crippen LogP) is 2.76. The summed E-state index contributed by atoms with van der Waals surface area (Å²) in [5.41, 5.74) is 8.45. The number of nitrogens with one attached hydrogen (secondary N) is 1. The van der Waals surface area contributed by atoms with E-state index < -0.39 is 10.0 Å². The molecule has 1 amide bonds. The smallest absolute Gasteiger partial charge is 0.320 e. The molecule has 4 rings (SSSR count). The molecule has 0 bridgehead atoms. The lowest BCUT2D eigenvalue weighted by atomic mass is 10.1. The van der Waals surface area contributed by atoms with Gasteiger partial charge in [0.25, 0.3) is 0 Å². The number of hydrogen-bond acceptors (Lipinski definition) is 8. The fourth-order valence-electron chi connectivity index (χ4n) is 4.02. The van der Waals surface area contributed by atoms with E-state index in [4.69, 9.17) is 10.5 Å². The minimum atomic E-state index is -3.30. The van der Waals surface area contributed by atoms with Crippen LogP contribution in [0.3, 0.4) is 0 Å². The van der Waals surface area contributed by atoms with Crippen LogP contribution in [-0.2, 0) is 27.9 Å². The molecule has 2 aliphatic rings. The molecule has 0 unspecified atom stereocenters. The van der Waals surface area contributed by atoms with Gasteiger partial charge in [0.15, 0.2) is 11.6 Å². The first kappa shape index (κ1) is 25.2. The second-order valence-corrected chi connectivity index (χ2v) is 11.3. The number of benzene rings is 1. The molecule has 0 spiro atoms. The maximum absolute atomic E-state index is 12.3. The lowest BCUT2D eigenvalue weighted by molar-refractivity contribution is -0.115. The highest BCUT2D eigenvalue weighted by Gasteiger charge is 2.29. The molecule has 11 heteroatoms. The van der Waals surface area contributed by atoms with Gasteiger partial charge in [-0.3, -0.25) is 4.79 Å². The molecule has 35 heavy (non-hydrogen) atoms. The van der Waals surface area contributed by atoms with Crippen LogP contribution < -0.4 is 20.7 Å². The molecule has 1 fully saturated rings. The van der Waals surface area contributed by atoms with Crippen molar-refractivity contribution in [2.75, 3.05) is 41.9 Å². The van der Waals surface area contributed by atoms with E-state index in [1.807, 2.05) is 29.2 Å².